The number of hydrogen-bond acceptors (Lipinski definition) is 4. The van der Waals surface area contributed by atoms with Crippen LogP contribution in [-0.2, 0) is 4.74 Å². The third-order valence-corrected chi connectivity index (χ3v) is 3.28. The molecule has 18 heavy (non-hydrogen) atoms. The highest BCUT2D eigenvalue weighted by Gasteiger charge is 2.18. The van der Waals surface area contributed by atoms with E-state index in [0.29, 0.717) is 17.9 Å². The molecule has 2 rings (SSSR count). The predicted octanol–water partition coefficient (Wildman–Crippen LogP) is 1.79. The lowest BCUT2D eigenvalue weighted by atomic mass is 10.2. The number of carbonyl (C=O) groups excluding carboxylic acids is 1. The molecule has 6 heteroatoms. The van der Waals surface area contributed by atoms with E-state index in [0.717, 1.165) is 23.9 Å². The number of rotatable bonds is 4. The third kappa shape index (κ3) is 3.20. The van der Waals surface area contributed by atoms with Crippen LogP contribution in [0.1, 0.15) is 23.2 Å². The van der Waals surface area contributed by atoms with Gasteiger partial charge in [-0.2, -0.15) is 0 Å². The highest BCUT2D eigenvalue weighted by Crippen LogP contribution is 2.18. The Kier molecular flexibility index (Phi) is 4.54. The number of hydrogen-bond donors (Lipinski definition) is 2. The highest BCUT2D eigenvalue weighted by molar-refractivity contribution is 9.10. The van der Waals surface area contributed by atoms with Gasteiger partial charge < -0.3 is 15.4 Å². The molecule has 1 aromatic rings. The van der Waals surface area contributed by atoms with E-state index in [1.165, 1.54) is 0 Å². The van der Waals surface area contributed by atoms with E-state index in [1.807, 2.05) is 0 Å². The van der Waals surface area contributed by atoms with Crippen molar-refractivity contribution in [1.82, 2.24) is 10.3 Å². The van der Waals surface area contributed by atoms with Crippen molar-refractivity contribution in [3.8, 4) is 0 Å². The molecule has 1 aliphatic heterocycles. The quantitative estimate of drug-likeness (QED) is 0.889. The van der Waals surface area contributed by atoms with Crippen molar-refractivity contribution < 1.29 is 9.53 Å². The highest BCUT2D eigenvalue weighted by atomic mass is 79.9. The van der Waals surface area contributed by atoms with Gasteiger partial charge in [-0.25, -0.2) is 4.98 Å². The molecule has 1 aliphatic rings. The smallest absolute Gasteiger partial charge is 0.255 e. The Morgan fingerprint density at radius 2 is 2.50 bits per heavy atom. The van der Waals surface area contributed by atoms with Gasteiger partial charge in [-0.15, -0.1) is 0 Å². The third-order valence-electron chi connectivity index (χ3n) is 2.85. The van der Waals surface area contributed by atoms with E-state index in [4.69, 9.17) is 4.74 Å². The summed E-state index contributed by atoms with van der Waals surface area (Å²) in [5, 5.41) is 5.79. The van der Waals surface area contributed by atoms with Crippen LogP contribution in [0.2, 0.25) is 0 Å². The van der Waals surface area contributed by atoms with Gasteiger partial charge in [0.1, 0.15) is 5.82 Å². The Balaban J connectivity index is 2.00. The minimum absolute atomic E-state index is 0.136. The van der Waals surface area contributed by atoms with E-state index in [2.05, 4.69) is 31.5 Å². The molecular weight excluding hydrogens is 298 g/mol. The molecule has 5 nitrogen and oxygen atoms in total. The molecule has 0 spiro atoms. The number of ether oxygens (including phenoxy) is 1. The lowest BCUT2D eigenvalue weighted by molar-refractivity contribution is 0.0858. The number of pyridine rings is 1. The minimum Gasteiger partial charge on any atom is -0.376 e. The first-order chi connectivity index (χ1) is 8.70. The van der Waals surface area contributed by atoms with Crippen LogP contribution in [0.3, 0.4) is 0 Å². The van der Waals surface area contributed by atoms with Crippen molar-refractivity contribution in [3.05, 3.63) is 22.3 Å². The molecular formula is C12H16BrN3O2. The van der Waals surface area contributed by atoms with Crippen LogP contribution in [0, 0.1) is 0 Å². The average molecular weight is 314 g/mol. The molecule has 1 amide bonds. The second-order valence-corrected chi connectivity index (χ2v) is 5.06. The number of halogens is 1. The number of carbonyl (C=O) groups is 1. The first kappa shape index (κ1) is 13.3. The molecule has 1 saturated heterocycles. The zero-order valence-electron chi connectivity index (χ0n) is 10.2. The second kappa shape index (κ2) is 6.15. The van der Waals surface area contributed by atoms with E-state index in [9.17, 15) is 4.79 Å². The van der Waals surface area contributed by atoms with Gasteiger partial charge in [-0.05, 0) is 34.8 Å². The van der Waals surface area contributed by atoms with Crippen molar-refractivity contribution in [2.75, 3.05) is 25.5 Å². The monoisotopic (exact) mass is 313 g/mol. The van der Waals surface area contributed by atoms with Gasteiger partial charge >= 0.3 is 0 Å². The lowest BCUT2D eigenvalue weighted by Gasteiger charge is -2.12. The number of anilines is 1. The second-order valence-electron chi connectivity index (χ2n) is 4.14. The summed E-state index contributed by atoms with van der Waals surface area (Å²) >= 11 is 3.32. The summed E-state index contributed by atoms with van der Waals surface area (Å²) in [5.41, 5.74) is 0.532. The topological polar surface area (TPSA) is 63.2 Å². The number of aromatic nitrogens is 1. The Morgan fingerprint density at radius 1 is 1.67 bits per heavy atom. The molecule has 0 saturated carbocycles. The molecule has 2 N–H and O–H groups in total. The zero-order chi connectivity index (χ0) is 13.0. The fourth-order valence-electron chi connectivity index (χ4n) is 1.92. The summed E-state index contributed by atoms with van der Waals surface area (Å²) in [6.07, 6.45) is 3.88. The maximum atomic E-state index is 12.1. The fourth-order valence-corrected chi connectivity index (χ4v) is 2.25. The number of nitrogens with zero attached hydrogens (tertiary/aromatic N) is 1. The first-order valence-corrected chi connectivity index (χ1v) is 6.73. The van der Waals surface area contributed by atoms with Gasteiger partial charge in [0.15, 0.2) is 0 Å². The maximum absolute atomic E-state index is 12.1. The zero-order valence-corrected chi connectivity index (χ0v) is 11.8. The molecule has 98 valence electrons. The van der Waals surface area contributed by atoms with Crippen LogP contribution in [0.25, 0.3) is 0 Å². The van der Waals surface area contributed by atoms with E-state index in [-0.39, 0.29) is 12.0 Å². The minimum atomic E-state index is -0.136. The standard InChI is InChI=1S/C12H16BrN3O2/c1-14-11-10(5-8(13)6-15-11)12(17)16-7-9-3-2-4-18-9/h5-6,9H,2-4,7H2,1H3,(H,14,15)(H,16,17). The van der Waals surface area contributed by atoms with Gasteiger partial charge in [-0.3, -0.25) is 4.79 Å². The average Bonchev–Trinajstić information content (AvgIpc) is 2.89. The first-order valence-electron chi connectivity index (χ1n) is 5.94. The van der Waals surface area contributed by atoms with Gasteiger partial charge in [0.25, 0.3) is 5.91 Å². The van der Waals surface area contributed by atoms with E-state index < -0.39 is 0 Å². The van der Waals surface area contributed by atoms with Gasteiger partial charge in [0.05, 0.1) is 11.7 Å². The SMILES string of the molecule is CNc1ncc(Br)cc1C(=O)NCC1CCCO1. The Morgan fingerprint density at radius 3 is 3.17 bits per heavy atom. The Hall–Kier alpha value is -1.14. The van der Waals surface area contributed by atoms with Crippen molar-refractivity contribution in [2.24, 2.45) is 0 Å². The summed E-state index contributed by atoms with van der Waals surface area (Å²) in [6, 6.07) is 1.75. The number of nitrogens with one attached hydrogen (secondary N) is 2. The molecule has 1 aromatic heterocycles. The van der Waals surface area contributed by atoms with Crippen LogP contribution in [-0.4, -0.2) is 37.2 Å². The van der Waals surface area contributed by atoms with Crippen molar-refractivity contribution in [1.29, 1.82) is 0 Å². The van der Waals surface area contributed by atoms with Crippen LogP contribution in [0.4, 0.5) is 5.82 Å². The molecule has 0 aliphatic carbocycles. The molecule has 2 heterocycles. The van der Waals surface area contributed by atoms with Crippen LogP contribution in [0.5, 0.6) is 0 Å². The van der Waals surface area contributed by atoms with Crippen molar-refractivity contribution >= 4 is 27.7 Å². The molecule has 1 atom stereocenters. The summed E-state index contributed by atoms with van der Waals surface area (Å²) in [7, 11) is 1.74. The molecule has 1 fully saturated rings. The Bertz CT molecular complexity index is 433. The van der Waals surface area contributed by atoms with Crippen molar-refractivity contribution in [3.63, 3.8) is 0 Å². The normalized spacial score (nSPS) is 18.7. The summed E-state index contributed by atoms with van der Waals surface area (Å²) in [4.78, 5) is 16.2. The summed E-state index contributed by atoms with van der Waals surface area (Å²) in [6.45, 7) is 1.34. The van der Waals surface area contributed by atoms with E-state index >= 15 is 0 Å². The fraction of sp³-hybridized carbons (Fsp3) is 0.500. The van der Waals surface area contributed by atoms with Crippen LogP contribution < -0.4 is 10.6 Å². The van der Waals surface area contributed by atoms with Crippen LogP contribution in [0.15, 0.2) is 16.7 Å². The van der Waals surface area contributed by atoms with E-state index in [1.54, 1.807) is 19.3 Å². The summed E-state index contributed by atoms with van der Waals surface area (Å²) < 4.78 is 6.25. The molecule has 1 unspecified atom stereocenters. The largest absolute Gasteiger partial charge is 0.376 e. The van der Waals surface area contributed by atoms with Gasteiger partial charge in [-0.1, -0.05) is 0 Å². The molecule has 0 bridgehead atoms. The molecule has 0 aromatic carbocycles. The van der Waals surface area contributed by atoms with Gasteiger partial charge in [0.2, 0.25) is 0 Å². The summed E-state index contributed by atoms with van der Waals surface area (Å²) in [5.74, 6) is 0.437. The number of amides is 1. The lowest BCUT2D eigenvalue weighted by Crippen LogP contribution is -2.32. The molecule has 0 radical (unpaired) electrons. The van der Waals surface area contributed by atoms with Crippen molar-refractivity contribution in [2.45, 2.75) is 18.9 Å². The maximum Gasteiger partial charge on any atom is 0.255 e. The Labute approximate surface area is 114 Å². The van der Waals surface area contributed by atoms with Gasteiger partial charge in [0, 0.05) is 30.9 Å². The van der Waals surface area contributed by atoms with Crippen LogP contribution >= 0.6 is 15.9 Å². The predicted molar refractivity (Wildman–Crippen MR) is 72.8 cm³/mol.